The second kappa shape index (κ2) is 13.1. The van der Waals surface area contributed by atoms with Crippen LogP contribution in [0.5, 0.6) is 5.75 Å². The molecule has 0 saturated carbocycles. The van der Waals surface area contributed by atoms with Crippen molar-refractivity contribution in [3.05, 3.63) is 59.7 Å². The van der Waals surface area contributed by atoms with Crippen molar-refractivity contribution in [1.82, 2.24) is 10.2 Å². The number of anilines is 1. The second-order valence-corrected chi connectivity index (χ2v) is 10.5. The molecule has 1 N–H and O–H groups in total. The van der Waals surface area contributed by atoms with Gasteiger partial charge in [0.1, 0.15) is 18.3 Å². The molecule has 2 amide bonds. The zero-order valence-electron chi connectivity index (χ0n) is 21.3. The molecule has 0 bridgehead atoms. The third-order valence-corrected chi connectivity index (χ3v) is 6.81. The van der Waals surface area contributed by atoms with Crippen molar-refractivity contribution in [2.45, 2.75) is 52.6 Å². The lowest BCUT2D eigenvalue weighted by Crippen LogP contribution is -2.52. The number of aryl methyl sites for hydroxylation is 1. The number of ether oxygens (including phenoxy) is 1. The minimum atomic E-state index is -3.75. The van der Waals surface area contributed by atoms with E-state index in [1.165, 1.54) is 4.90 Å². The van der Waals surface area contributed by atoms with Gasteiger partial charge in [-0.3, -0.25) is 13.9 Å². The van der Waals surface area contributed by atoms with Gasteiger partial charge in [0.15, 0.2) is 0 Å². The molecule has 0 aliphatic rings. The van der Waals surface area contributed by atoms with Gasteiger partial charge in [-0.2, -0.15) is 0 Å². The first kappa shape index (κ1) is 28.2. The molecule has 0 radical (unpaired) electrons. The van der Waals surface area contributed by atoms with E-state index in [4.69, 9.17) is 4.74 Å². The standard InChI is InChI=1S/C26H37N3O5S/c1-6-8-15-27-26(31)24(7-2)28(18-21-12-10-14-23(17-21)34-4)25(30)19-29(35(5,32)33)22-13-9-11-20(3)16-22/h9-14,16-17,24H,6-8,15,18-19H2,1-5H3,(H,27,31)/t24-/m1/s1. The molecule has 0 aromatic heterocycles. The van der Waals surface area contributed by atoms with Gasteiger partial charge in [-0.1, -0.05) is 44.5 Å². The number of rotatable bonds is 13. The highest BCUT2D eigenvalue weighted by Gasteiger charge is 2.31. The lowest BCUT2D eigenvalue weighted by molar-refractivity contribution is -0.140. The van der Waals surface area contributed by atoms with Gasteiger partial charge in [0.25, 0.3) is 0 Å². The first-order valence-electron chi connectivity index (χ1n) is 11.8. The highest BCUT2D eigenvalue weighted by molar-refractivity contribution is 7.92. The average Bonchev–Trinajstić information content (AvgIpc) is 2.81. The van der Waals surface area contributed by atoms with E-state index >= 15 is 0 Å². The number of carbonyl (C=O) groups excluding carboxylic acids is 2. The quantitative estimate of drug-likeness (QED) is 0.422. The van der Waals surface area contributed by atoms with Gasteiger partial charge in [0.05, 0.1) is 19.1 Å². The van der Waals surface area contributed by atoms with Gasteiger partial charge in [0.2, 0.25) is 21.8 Å². The van der Waals surface area contributed by atoms with Crippen molar-refractivity contribution in [1.29, 1.82) is 0 Å². The predicted molar refractivity (Wildman–Crippen MR) is 139 cm³/mol. The maximum Gasteiger partial charge on any atom is 0.244 e. The third kappa shape index (κ3) is 8.28. The molecular formula is C26H37N3O5S. The van der Waals surface area contributed by atoms with E-state index in [-0.39, 0.29) is 12.5 Å². The number of unbranched alkanes of at least 4 members (excludes halogenated alkanes) is 1. The van der Waals surface area contributed by atoms with E-state index in [1.807, 2.05) is 39.0 Å². The number of nitrogens with zero attached hydrogens (tertiary/aromatic N) is 2. The van der Waals surface area contributed by atoms with Crippen LogP contribution in [0.15, 0.2) is 48.5 Å². The van der Waals surface area contributed by atoms with Gasteiger partial charge in [0, 0.05) is 13.1 Å². The second-order valence-electron chi connectivity index (χ2n) is 8.55. The maximum atomic E-state index is 13.7. The molecule has 0 unspecified atom stereocenters. The van der Waals surface area contributed by atoms with Crippen LogP contribution in [0.2, 0.25) is 0 Å². The van der Waals surface area contributed by atoms with Crippen molar-refractivity contribution < 1.29 is 22.7 Å². The molecule has 0 aliphatic carbocycles. The Bertz CT molecular complexity index is 1100. The first-order chi connectivity index (χ1) is 16.6. The Balaban J connectivity index is 2.42. The van der Waals surface area contributed by atoms with Crippen molar-refractivity contribution >= 4 is 27.5 Å². The van der Waals surface area contributed by atoms with Crippen LogP contribution in [-0.2, 0) is 26.2 Å². The lowest BCUT2D eigenvalue weighted by Gasteiger charge is -2.33. The number of carbonyl (C=O) groups is 2. The van der Waals surface area contributed by atoms with Gasteiger partial charge in [-0.15, -0.1) is 0 Å². The number of nitrogens with one attached hydrogen (secondary N) is 1. The van der Waals surface area contributed by atoms with Crippen LogP contribution in [0, 0.1) is 6.92 Å². The number of hydrogen-bond donors (Lipinski definition) is 1. The van der Waals surface area contributed by atoms with Gasteiger partial charge in [-0.05, 0) is 55.2 Å². The highest BCUT2D eigenvalue weighted by atomic mass is 32.2. The monoisotopic (exact) mass is 503 g/mol. The summed E-state index contributed by atoms with van der Waals surface area (Å²) in [6, 6.07) is 13.5. The number of benzene rings is 2. The zero-order chi connectivity index (χ0) is 26.0. The molecule has 35 heavy (non-hydrogen) atoms. The molecule has 0 heterocycles. The van der Waals surface area contributed by atoms with Crippen LogP contribution in [0.25, 0.3) is 0 Å². The number of hydrogen-bond acceptors (Lipinski definition) is 5. The molecule has 9 heteroatoms. The minimum Gasteiger partial charge on any atom is -0.497 e. The van der Waals surface area contributed by atoms with Gasteiger partial charge >= 0.3 is 0 Å². The molecule has 2 aromatic rings. The molecule has 192 valence electrons. The summed E-state index contributed by atoms with van der Waals surface area (Å²) in [7, 11) is -2.19. The summed E-state index contributed by atoms with van der Waals surface area (Å²) < 4.78 is 31.7. The summed E-state index contributed by atoms with van der Waals surface area (Å²) in [6.45, 7) is 5.98. The molecule has 0 fully saturated rings. The Morgan fingerprint density at radius 3 is 2.40 bits per heavy atom. The normalized spacial score (nSPS) is 12.0. The van der Waals surface area contributed by atoms with Crippen LogP contribution >= 0.6 is 0 Å². The molecule has 0 aliphatic heterocycles. The van der Waals surface area contributed by atoms with E-state index in [1.54, 1.807) is 37.4 Å². The number of methoxy groups -OCH3 is 1. The molecule has 1 atom stereocenters. The van der Waals surface area contributed by atoms with Crippen LogP contribution in [0.4, 0.5) is 5.69 Å². The predicted octanol–water partition coefficient (Wildman–Crippen LogP) is 3.49. The van der Waals surface area contributed by atoms with E-state index < -0.39 is 28.5 Å². The smallest absolute Gasteiger partial charge is 0.244 e. The Kier molecular flexibility index (Phi) is 10.6. The first-order valence-corrected chi connectivity index (χ1v) is 13.7. The summed E-state index contributed by atoms with van der Waals surface area (Å²) in [4.78, 5) is 28.2. The Morgan fingerprint density at radius 2 is 1.80 bits per heavy atom. The van der Waals surface area contributed by atoms with Crippen molar-refractivity contribution in [2.75, 3.05) is 30.8 Å². The summed E-state index contributed by atoms with van der Waals surface area (Å²) in [5.74, 6) is -0.0798. The van der Waals surface area contributed by atoms with Crippen LogP contribution in [-0.4, -0.2) is 57.6 Å². The fourth-order valence-corrected chi connectivity index (χ4v) is 4.63. The summed E-state index contributed by atoms with van der Waals surface area (Å²) >= 11 is 0. The van der Waals surface area contributed by atoms with E-state index in [0.717, 1.165) is 34.5 Å². The van der Waals surface area contributed by atoms with Crippen LogP contribution < -0.4 is 14.4 Å². The summed E-state index contributed by atoms with van der Waals surface area (Å²) in [5, 5.41) is 2.91. The molecule has 2 aromatic carbocycles. The Morgan fingerprint density at radius 1 is 1.09 bits per heavy atom. The lowest BCUT2D eigenvalue weighted by atomic mass is 10.1. The van der Waals surface area contributed by atoms with E-state index in [0.29, 0.717) is 24.4 Å². The number of sulfonamides is 1. The molecule has 8 nitrogen and oxygen atoms in total. The fraction of sp³-hybridized carbons (Fsp3) is 0.462. The topological polar surface area (TPSA) is 96.0 Å². The Labute approximate surface area is 209 Å². The van der Waals surface area contributed by atoms with Crippen molar-refractivity contribution in [3.63, 3.8) is 0 Å². The minimum absolute atomic E-state index is 0.140. The molecule has 2 rings (SSSR count). The third-order valence-electron chi connectivity index (χ3n) is 5.67. The SMILES string of the molecule is CCCCNC(=O)[C@@H](CC)N(Cc1cccc(OC)c1)C(=O)CN(c1cccc(C)c1)S(C)(=O)=O. The Hall–Kier alpha value is -3.07. The number of amides is 2. The average molecular weight is 504 g/mol. The molecule has 0 saturated heterocycles. The zero-order valence-corrected chi connectivity index (χ0v) is 22.1. The van der Waals surface area contributed by atoms with Crippen molar-refractivity contribution in [2.24, 2.45) is 0 Å². The largest absolute Gasteiger partial charge is 0.497 e. The molecule has 0 spiro atoms. The highest BCUT2D eigenvalue weighted by Crippen LogP contribution is 2.21. The van der Waals surface area contributed by atoms with Crippen LogP contribution in [0.1, 0.15) is 44.2 Å². The molecular weight excluding hydrogens is 466 g/mol. The van der Waals surface area contributed by atoms with E-state index in [2.05, 4.69) is 5.32 Å². The van der Waals surface area contributed by atoms with E-state index in [9.17, 15) is 18.0 Å². The maximum absolute atomic E-state index is 13.7. The summed E-state index contributed by atoms with van der Waals surface area (Å²) in [6.07, 6.45) is 3.23. The van der Waals surface area contributed by atoms with Crippen molar-refractivity contribution in [3.8, 4) is 5.75 Å². The van der Waals surface area contributed by atoms with Crippen LogP contribution in [0.3, 0.4) is 0 Å². The van der Waals surface area contributed by atoms with Gasteiger partial charge < -0.3 is 15.0 Å². The fourth-order valence-electron chi connectivity index (χ4n) is 3.79. The van der Waals surface area contributed by atoms with Gasteiger partial charge in [-0.25, -0.2) is 8.42 Å². The summed E-state index contributed by atoms with van der Waals surface area (Å²) in [5.41, 5.74) is 2.06.